The van der Waals surface area contributed by atoms with Gasteiger partial charge >= 0.3 is 0 Å². The minimum atomic E-state index is 0.271. The number of thiophene rings is 1. The second-order valence-corrected chi connectivity index (χ2v) is 6.48. The van der Waals surface area contributed by atoms with E-state index in [-0.39, 0.29) is 6.04 Å². The quantitative estimate of drug-likeness (QED) is 0.486. The van der Waals surface area contributed by atoms with Gasteiger partial charge in [-0.3, -0.25) is 11.3 Å². The Morgan fingerprint density at radius 1 is 1.33 bits per heavy atom. The van der Waals surface area contributed by atoms with Gasteiger partial charge in [-0.15, -0.1) is 23.1 Å². The lowest BCUT2D eigenvalue weighted by atomic mass is 10.2. The van der Waals surface area contributed by atoms with Crippen LogP contribution in [-0.2, 0) is 6.42 Å². The number of hydrazine groups is 1. The molecule has 0 bridgehead atoms. The molecule has 3 N–H and O–H groups in total. The van der Waals surface area contributed by atoms with E-state index in [4.69, 9.17) is 17.4 Å². The topological polar surface area (TPSA) is 38.0 Å². The Morgan fingerprint density at radius 3 is 2.89 bits per heavy atom. The second kappa shape index (κ2) is 7.16. The molecule has 1 aromatic heterocycles. The van der Waals surface area contributed by atoms with Crippen molar-refractivity contribution < 1.29 is 0 Å². The molecule has 2 rings (SSSR count). The minimum Gasteiger partial charge on any atom is -0.271 e. The zero-order chi connectivity index (χ0) is 12.8. The summed E-state index contributed by atoms with van der Waals surface area (Å²) in [5.74, 6) is 6.52. The van der Waals surface area contributed by atoms with Crippen LogP contribution in [0.15, 0.2) is 46.7 Å². The summed E-state index contributed by atoms with van der Waals surface area (Å²) in [6.45, 7) is 0. The number of nitrogens with one attached hydrogen (secondary N) is 1. The summed E-state index contributed by atoms with van der Waals surface area (Å²) in [7, 11) is 0. The van der Waals surface area contributed by atoms with Crippen molar-refractivity contribution in [3.05, 3.63) is 51.7 Å². The highest BCUT2D eigenvalue weighted by Gasteiger charge is 2.09. The average molecular weight is 299 g/mol. The fourth-order valence-electron chi connectivity index (χ4n) is 1.59. The molecule has 0 amide bonds. The van der Waals surface area contributed by atoms with Gasteiger partial charge in [0.25, 0.3) is 0 Å². The summed E-state index contributed by atoms with van der Waals surface area (Å²) in [6.07, 6.45) is 0.960. The van der Waals surface area contributed by atoms with Gasteiger partial charge in [-0.1, -0.05) is 23.7 Å². The molecule has 1 heterocycles. The zero-order valence-electron chi connectivity index (χ0n) is 9.80. The number of hydrogen-bond acceptors (Lipinski definition) is 4. The molecule has 2 aromatic rings. The molecule has 18 heavy (non-hydrogen) atoms. The Balaban J connectivity index is 1.87. The fraction of sp³-hybridized carbons (Fsp3) is 0.231. The van der Waals surface area contributed by atoms with Gasteiger partial charge < -0.3 is 0 Å². The standard InChI is InChI=1S/C13H15ClN2S2/c14-10-3-1-4-12(7-10)18-9-11(16-15)8-13-5-2-6-17-13/h1-7,11,16H,8-9,15H2. The van der Waals surface area contributed by atoms with Crippen molar-refractivity contribution in [2.45, 2.75) is 17.4 Å². The molecule has 0 aliphatic carbocycles. The van der Waals surface area contributed by atoms with Gasteiger partial charge in [0.1, 0.15) is 0 Å². The van der Waals surface area contributed by atoms with E-state index in [9.17, 15) is 0 Å². The number of hydrogen-bond donors (Lipinski definition) is 2. The highest BCUT2D eigenvalue weighted by Crippen LogP contribution is 2.23. The van der Waals surface area contributed by atoms with E-state index in [0.29, 0.717) is 0 Å². The van der Waals surface area contributed by atoms with Crippen LogP contribution in [0, 0.1) is 0 Å². The van der Waals surface area contributed by atoms with Gasteiger partial charge in [0.2, 0.25) is 0 Å². The van der Waals surface area contributed by atoms with E-state index in [0.717, 1.165) is 17.2 Å². The van der Waals surface area contributed by atoms with Crippen molar-refractivity contribution in [1.29, 1.82) is 0 Å². The van der Waals surface area contributed by atoms with Gasteiger partial charge in [0, 0.05) is 26.6 Å². The molecular formula is C13H15ClN2S2. The van der Waals surface area contributed by atoms with Crippen LogP contribution in [0.25, 0.3) is 0 Å². The van der Waals surface area contributed by atoms with E-state index in [1.54, 1.807) is 23.1 Å². The molecule has 1 aromatic carbocycles. The van der Waals surface area contributed by atoms with Crippen LogP contribution >= 0.6 is 34.7 Å². The number of rotatable bonds is 6. The van der Waals surface area contributed by atoms with Gasteiger partial charge in [-0.05, 0) is 36.1 Å². The third-order valence-corrected chi connectivity index (χ3v) is 4.80. The SMILES string of the molecule is NNC(CSc1cccc(Cl)c1)Cc1cccs1. The lowest BCUT2D eigenvalue weighted by Crippen LogP contribution is -2.38. The first-order chi connectivity index (χ1) is 8.78. The predicted octanol–water partition coefficient (Wildman–Crippen LogP) is 3.57. The second-order valence-electron chi connectivity index (χ2n) is 3.92. The molecule has 0 aliphatic heterocycles. The van der Waals surface area contributed by atoms with Gasteiger partial charge in [-0.25, -0.2) is 0 Å². The third-order valence-electron chi connectivity index (χ3n) is 2.51. The average Bonchev–Trinajstić information content (AvgIpc) is 2.87. The number of benzene rings is 1. The minimum absolute atomic E-state index is 0.271. The van der Waals surface area contributed by atoms with E-state index in [1.807, 2.05) is 18.2 Å². The van der Waals surface area contributed by atoms with Crippen LogP contribution in [-0.4, -0.2) is 11.8 Å². The summed E-state index contributed by atoms with van der Waals surface area (Å²) in [6, 6.07) is 12.4. The maximum absolute atomic E-state index is 5.96. The Labute approximate surface area is 121 Å². The molecule has 96 valence electrons. The lowest BCUT2D eigenvalue weighted by Gasteiger charge is -2.14. The van der Waals surface area contributed by atoms with Crippen LogP contribution in [0.1, 0.15) is 4.88 Å². The lowest BCUT2D eigenvalue weighted by molar-refractivity contribution is 0.579. The number of halogens is 1. The van der Waals surface area contributed by atoms with Crippen molar-refractivity contribution in [3.63, 3.8) is 0 Å². The summed E-state index contributed by atoms with van der Waals surface area (Å²) >= 11 is 9.49. The molecule has 0 fully saturated rings. The summed E-state index contributed by atoms with van der Waals surface area (Å²) in [5.41, 5.74) is 2.88. The highest BCUT2D eigenvalue weighted by molar-refractivity contribution is 7.99. The molecule has 2 nitrogen and oxygen atoms in total. The summed E-state index contributed by atoms with van der Waals surface area (Å²) < 4.78 is 0. The summed E-state index contributed by atoms with van der Waals surface area (Å²) in [4.78, 5) is 2.53. The molecule has 0 saturated carbocycles. The van der Waals surface area contributed by atoms with Gasteiger partial charge in [0.15, 0.2) is 0 Å². The van der Waals surface area contributed by atoms with Crippen LogP contribution in [0.5, 0.6) is 0 Å². The molecule has 0 aliphatic rings. The number of nitrogens with two attached hydrogens (primary N) is 1. The molecule has 0 saturated heterocycles. The van der Waals surface area contributed by atoms with Gasteiger partial charge in [0.05, 0.1) is 0 Å². The van der Waals surface area contributed by atoms with Crippen LogP contribution < -0.4 is 11.3 Å². The molecule has 1 atom stereocenters. The van der Waals surface area contributed by atoms with Crippen molar-refractivity contribution >= 4 is 34.7 Å². The fourth-order valence-corrected chi connectivity index (χ4v) is 3.63. The largest absolute Gasteiger partial charge is 0.271 e. The van der Waals surface area contributed by atoms with Crippen LogP contribution in [0.2, 0.25) is 5.02 Å². The maximum Gasteiger partial charge on any atom is 0.0417 e. The molecule has 1 unspecified atom stereocenters. The van der Waals surface area contributed by atoms with E-state index < -0.39 is 0 Å². The monoisotopic (exact) mass is 298 g/mol. The zero-order valence-corrected chi connectivity index (χ0v) is 12.2. The third kappa shape index (κ3) is 4.30. The number of thioether (sulfide) groups is 1. The summed E-state index contributed by atoms with van der Waals surface area (Å²) in [5, 5.41) is 2.86. The van der Waals surface area contributed by atoms with E-state index >= 15 is 0 Å². The van der Waals surface area contributed by atoms with Crippen molar-refractivity contribution in [3.8, 4) is 0 Å². The Bertz CT molecular complexity index is 474. The van der Waals surface area contributed by atoms with E-state index in [2.05, 4.69) is 29.0 Å². The van der Waals surface area contributed by atoms with Crippen LogP contribution in [0.4, 0.5) is 0 Å². The highest BCUT2D eigenvalue weighted by atomic mass is 35.5. The smallest absolute Gasteiger partial charge is 0.0417 e. The predicted molar refractivity (Wildman–Crippen MR) is 81.3 cm³/mol. The van der Waals surface area contributed by atoms with E-state index in [1.165, 1.54) is 9.77 Å². The molecule has 5 heteroatoms. The Hall–Kier alpha value is -0.520. The van der Waals surface area contributed by atoms with Crippen LogP contribution in [0.3, 0.4) is 0 Å². The van der Waals surface area contributed by atoms with Crippen molar-refractivity contribution in [2.75, 3.05) is 5.75 Å². The molecular weight excluding hydrogens is 284 g/mol. The first-order valence-electron chi connectivity index (χ1n) is 5.65. The molecule has 0 radical (unpaired) electrons. The Kier molecular flexibility index (Phi) is 5.53. The normalized spacial score (nSPS) is 12.6. The Morgan fingerprint density at radius 2 is 2.22 bits per heavy atom. The maximum atomic E-state index is 5.96. The molecule has 0 spiro atoms. The first kappa shape index (κ1) is 13.9. The van der Waals surface area contributed by atoms with Gasteiger partial charge in [-0.2, -0.15) is 0 Å². The first-order valence-corrected chi connectivity index (χ1v) is 7.89. The van der Waals surface area contributed by atoms with Crippen molar-refractivity contribution in [1.82, 2.24) is 5.43 Å². The van der Waals surface area contributed by atoms with Crippen molar-refractivity contribution in [2.24, 2.45) is 5.84 Å².